The van der Waals surface area contributed by atoms with Crippen molar-refractivity contribution in [3.05, 3.63) is 119 Å². The quantitative estimate of drug-likeness (QED) is 0.0838. The molecule has 1 aliphatic rings. The van der Waals surface area contributed by atoms with Gasteiger partial charge in [-0.05, 0) is 67.6 Å². The predicted octanol–water partition coefficient (Wildman–Crippen LogP) is 9.05. The number of benzene rings is 3. The molecule has 4 nitrogen and oxygen atoms in total. The summed E-state index contributed by atoms with van der Waals surface area (Å²) < 4.78 is 120. The van der Waals surface area contributed by atoms with Gasteiger partial charge in [-0.3, -0.25) is 0 Å². The molecule has 1 saturated heterocycles. The van der Waals surface area contributed by atoms with Gasteiger partial charge in [0, 0.05) is 17.5 Å². The van der Waals surface area contributed by atoms with Crippen molar-refractivity contribution in [1.29, 1.82) is 0 Å². The molecular weight excluding hydrogens is 581 g/mol. The third kappa shape index (κ3) is 8.61. The van der Waals surface area contributed by atoms with E-state index in [2.05, 4.69) is 23.5 Å². The molecule has 0 spiro atoms. The second-order valence-electron chi connectivity index (χ2n) is 9.89. The van der Waals surface area contributed by atoms with Gasteiger partial charge < -0.3 is 18.9 Å². The fourth-order valence-electron chi connectivity index (χ4n) is 4.32. The van der Waals surface area contributed by atoms with Gasteiger partial charge in [-0.1, -0.05) is 24.3 Å². The molecular formula is C32H29F7O4. The van der Waals surface area contributed by atoms with E-state index in [4.69, 9.17) is 14.2 Å². The van der Waals surface area contributed by atoms with Gasteiger partial charge in [-0.25, -0.2) is 22.0 Å². The van der Waals surface area contributed by atoms with Crippen LogP contribution in [0.5, 0.6) is 11.5 Å². The van der Waals surface area contributed by atoms with Crippen molar-refractivity contribution in [2.24, 2.45) is 5.92 Å². The van der Waals surface area contributed by atoms with E-state index >= 15 is 0 Å². The third-order valence-electron chi connectivity index (χ3n) is 6.58. The van der Waals surface area contributed by atoms with Crippen molar-refractivity contribution in [3.63, 3.8) is 0 Å². The SMILES string of the molecule is C=CCC/C=C/CCC1COC(c2ccc(C(F)(F)Oc3ccc(OCc4cc(F)c(F)c(F)c4)c(F)c3)c(F)c2)OC1. The number of unbranched alkanes of at least 4 members (excludes halogenated alkanes) is 1. The van der Waals surface area contributed by atoms with Crippen molar-refractivity contribution >= 4 is 0 Å². The molecule has 0 saturated carbocycles. The Morgan fingerprint density at radius 1 is 0.814 bits per heavy atom. The fraction of sp³-hybridized carbons (Fsp3) is 0.312. The predicted molar refractivity (Wildman–Crippen MR) is 144 cm³/mol. The van der Waals surface area contributed by atoms with E-state index in [1.165, 1.54) is 6.07 Å². The van der Waals surface area contributed by atoms with Crippen molar-refractivity contribution in [3.8, 4) is 11.5 Å². The van der Waals surface area contributed by atoms with Gasteiger partial charge in [0.05, 0.1) is 18.8 Å². The Balaban J connectivity index is 1.32. The van der Waals surface area contributed by atoms with E-state index in [-0.39, 0.29) is 17.0 Å². The topological polar surface area (TPSA) is 36.9 Å². The van der Waals surface area contributed by atoms with Gasteiger partial charge in [0.1, 0.15) is 18.2 Å². The molecule has 11 heteroatoms. The Labute approximate surface area is 244 Å². The Kier molecular flexibility index (Phi) is 10.9. The minimum atomic E-state index is -4.18. The maximum atomic E-state index is 14.9. The maximum Gasteiger partial charge on any atom is 0.429 e. The largest absolute Gasteiger partial charge is 0.486 e. The molecule has 3 aromatic rings. The van der Waals surface area contributed by atoms with Gasteiger partial charge in [-0.2, -0.15) is 8.78 Å². The molecule has 0 aliphatic carbocycles. The van der Waals surface area contributed by atoms with Crippen LogP contribution in [-0.4, -0.2) is 13.2 Å². The Morgan fingerprint density at radius 2 is 1.51 bits per heavy atom. The Hall–Kier alpha value is -3.83. The van der Waals surface area contributed by atoms with Gasteiger partial charge in [-0.15, -0.1) is 6.58 Å². The lowest BCUT2D eigenvalue weighted by molar-refractivity contribution is -0.206. The third-order valence-corrected chi connectivity index (χ3v) is 6.58. The fourth-order valence-corrected chi connectivity index (χ4v) is 4.32. The van der Waals surface area contributed by atoms with Crippen LogP contribution in [0.25, 0.3) is 0 Å². The van der Waals surface area contributed by atoms with E-state index < -0.39 is 65.2 Å². The molecule has 1 fully saturated rings. The summed E-state index contributed by atoms with van der Waals surface area (Å²) in [5.41, 5.74) is -1.00. The van der Waals surface area contributed by atoms with E-state index in [0.717, 1.165) is 49.9 Å². The Morgan fingerprint density at radius 3 is 2.16 bits per heavy atom. The molecule has 0 radical (unpaired) electrons. The second-order valence-corrected chi connectivity index (χ2v) is 9.89. The first-order chi connectivity index (χ1) is 20.6. The van der Waals surface area contributed by atoms with Crippen molar-refractivity contribution in [1.82, 2.24) is 0 Å². The number of hydrogen-bond donors (Lipinski definition) is 0. The lowest BCUT2D eigenvalue weighted by Crippen LogP contribution is -2.27. The standard InChI is InChI=1S/C32H29F7O4/c1-2-3-4-5-6-7-8-20-17-41-31(42-18-20)22-9-11-24(25(33)15-22)32(38,39)43-23-10-12-29(26(34)16-23)40-19-21-13-27(35)30(37)28(36)14-21/h2,5-6,9-16,20,31H,1,3-4,7-8,17-19H2/b6-5+. The highest BCUT2D eigenvalue weighted by Crippen LogP contribution is 2.36. The van der Waals surface area contributed by atoms with Crippen molar-refractivity contribution in [2.45, 2.75) is 44.7 Å². The van der Waals surface area contributed by atoms with Gasteiger partial charge >= 0.3 is 6.11 Å². The van der Waals surface area contributed by atoms with Crippen LogP contribution in [0.1, 0.15) is 48.7 Å². The molecule has 0 aromatic heterocycles. The average Bonchev–Trinajstić information content (AvgIpc) is 2.97. The normalized spacial score (nSPS) is 17.3. The number of allylic oxidation sites excluding steroid dienone is 3. The molecule has 1 aliphatic heterocycles. The average molecular weight is 611 g/mol. The summed E-state index contributed by atoms with van der Waals surface area (Å²) >= 11 is 0. The van der Waals surface area contributed by atoms with Crippen LogP contribution in [0.15, 0.2) is 73.3 Å². The van der Waals surface area contributed by atoms with Crippen LogP contribution in [-0.2, 0) is 22.2 Å². The first-order valence-corrected chi connectivity index (χ1v) is 13.5. The van der Waals surface area contributed by atoms with Crippen LogP contribution >= 0.6 is 0 Å². The molecule has 230 valence electrons. The zero-order valence-electron chi connectivity index (χ0n) is 22.9. The smallest absolute Gasteiger partial charge is 0.429 e. The lowest BCUT2D eigenvalue weighted by atomic mass is 10.0. The van der Waals surface area contributed by atoms with Crippen LogP contribution in [0.3, 0.4) is 0 Å². The first-order valence-electron chi connectivity index (χ1n) is 13.5. The number of halogens is 7. The minimum Gasteiger partial charge on any atom is -0.486 e. The summed E-state index contributed by atoms with van der Waals surface area (Å²) in [5, 5.41) is 0. The van der Waals surface area contributed by atoms with Crippen LogP contribution in [0.2, 0.25) is 0 Å². The zero-order chi connectivity index (χ0) is 31.0. The number of ether oxygens (including phenoxy) is 4. The molecule has 3 aromatic carbocycles. The number of hydrogen-bond acceptors (Lipinski definition) is 4. The van der Waals surface area contributed by atoms with Gasteiger partial charge in [0.15, 0.2) is 35.3 Å². The minimum absolute atomic E-state index is 0.131. The molecule has 43 heavy (non-hydrogen) atoms. The van der Waals surface area contributed by atoms with Crippen molar-refractivity contribution in [2.75, 3.05) is 13.2 Å². The van der Waals surface area contributed by atoms with E-state index in [9.17, 15) is 30.7 Å². The van der Waals surface area contributed by atoms with E-state index in [1.54, 1.807) is 0 Å². The zero-order valence-corrected chi connectivity index (χ0v) is 22.9. The highest BCUT2D eigenvalue weighted by Gasteiger charge is 2.38. The summed E-state index contributed by atoms with van der Waals surface area (Å²) in [7, 11) is 0. The number of rotatable bonds is 13. The maximum absolute atomic E-state index is 14.9. The van der Waals surface area contributed by atoms with Gasteiger partial charge in [0.2, 0.25) is 0 Å². The van der Waals surface area contributed by atoms with Gasteiger partial charge in [0.25, 0.3) is 0 Å². The molecule has 4 rings (SSSR count). The highest BCUT2D eigenvalue weighted by atomic mass is 19.3. The monoisotopic (exact) mass is 610 g/mol. The molecule has 0 bridgehead atoms. The van der Waals surface area contributed by atoms with Crippen LogP contribution in [0, 0.1) is 35.0 Å². The summed E-state index contributed by atoms with van der Waals surface area (Å²) in [5.74, 6) is -7.93. The van der Waals surface area contributed by atoms with Crippen molar-refractivity contribution < 1.29 is 49.7 Å². The second kappa shape index (κ2) is 14.6. The van der Waals surface area contributed by atoms with E-state index in [1.807, 2.05) is 6.08 Å². The molecule has 0 atom stereocenters. The summed E-state index contributed by atoms with van der Waals surface area (Å²) in [6.45, 7) is 3.88. The highest BCUT2D eigenvalue weighted by molar-refractivity contribution is 5.35. The molecule has 0 N–H and O–H groups in total. The lowest BCUT2D eigenvalue weighted by Gasteiger charge is -2.29. The first kappa shape index (κ1) is 32.1. The summed E-state index contributed by atoms with van der Waals surface area (Å²) in [6.07, 6.45) is 4.48. The Bertz CT molecular complexity index is 1410. The summed E-state index contributed by atoms with van der Waals surface area (Å²) in [6, 6.07) is 6.77. The summed E-state index contributed by atoms with van der Waals surface area (Å²) in [4.78, 5) is 0. The number of alkyl halides is 2. The van der Waals surface area contributed by atoms with E-state index in [0.29, 0.717) is 31.4 Å². The molecule has 0 amide bonds. The molecule has 1 heterocycles. The van der Waals surface area contributed by atoms with Crippen LogP contribution in [0.4, 0.5) is 30.7 Å². The molecule has 0 unspecified atom stereocenters. The van der Waals surface area contributed by atoms with Crippen LogP contribution < -0.4 is 9.47 Å².